The third-order valence-electron chi connectivity index (χ3n) is 3.35. The van der Waals surface area contributed by atoms with Crippen LogP contribution >= 0.6 is 0 Å². The number of hydrogen-bond donors (Lipinski definition) is 5. The molecule has 0 aromatic carbocycles. The molecule has 0 aliphatic heterocycles. The minimum absolute atomic E-state index is 0.112. The number of unbranched alkanes of at least 4 members (excludes halogenated alkanes) is 2. The Balaban J connectivity index is 4.29. The van der Waals surface area contributed by atoms with E-state index >= 15 is 0 Å². The lowest BCUT2D eigenvalue weighted by molar-refractivity contribution is -0.140. The van der Waals surface area contributed by atoms with Crippen molar-refractivity contribution in [2.45, 2.75) is 52.2 Å². The second-order valence-corrected chi connectivity index (χ2v) is 5.85. The van der Waals surface area contributed by atoms with Crippen molar-refractivity contribution in [3.05, 3.63) is 0 Å². The molecule has 21 heavy (non-hydrogen) atoms. The molecule has 0 rings (SSSR count). The van der Waals surface area contributed by atoms with E-state index in [1.807, 2.05) is 0 Å². The molecular weight excluding hydrogens is 276 g/mol. The lowest BCUT2D eigenvalue weighted by Gasteiger charge is -2.27. The van der Waals surface area contributed by atoms with Gasteiger partial charge in [0.1, 0.15) is 12.1 Å². The average Bonchev–Trinajstić information content (AvgIpc) is 2.44. The van der Waals surface area contributed by atoms with E-state index in [-0.39, 0.29) is 13.2 Å². The summed E-state index contributed by atoms with van der Waals surface area (Å²) in [5, 5.41) is 33.2. The largest absolute Gasteiger partial charge is 0.480 e. The Kier molecular flexibility index (Phi) is 9.16. The average molecular weight is 304 g/mol. The van der Waals surface area contributed by atoms with Gasteiger partial charge in [0.2, 0.25) is 5.91 Å². The third kappa shape index (κ3) is 7.40. The number of carbonyl (C=O) groups excluding carboxylic acids is 1. The molecule has 0 aromatic rings. The molecule has 124 valence electrons. The fourth-order valence-electron chi connectivity index (χ4n) is 1.64. The molecule has 5 N–H and O–H groups in total. The molecule has 0 fully saturated rings. The summed E-state index contributed by atoms with van der Waals surface area (Å²) in [5.41, 5.74) is -0.975. The summed E-state index contributed by atoms with van der Waals surface area (Å²) >= 11 is 0. The predicted molar refractivity (Wildman–Crippen MR) is 78.8 cm³/mol. The van der Waals surface area contributed by atoms with Gasteiger partial charge in [0.05, 0.1) is 6.61 Å². The Morgan fingerprint density at radius 2 is 1.86 bits per heavy atom. The van der Waals surface area contributed by atoms with Crippen molar-refractivity contribution < 1.29 is 24.9 Å². The Morgan fingerprint density at radius 1 is 1.24 bits per heavy atom. The van der Waals surface area contributed by atoms with E-state index < -0.39 is 29.4 Å². The van der Waals surface area contributed by atoms with Crippen LogP contribution in [0.3, 0.4) is 0 Å². The van der Waals surface area contributed by atoms with E-state index in [1.165, 1.54) is 0 Å². The number of aliphatic hydroxyl groups excluding tert-OH is 2. The molecular formula is C14H28N2O5. The molecule has 1 unspecified atom stereocenters. The number of carbonyl (C=O) groups is 2. The third-order valence-corrected chi connectivity index (χ3v) is 3.35. The SMILES string of the molecule is CCCCCNC(CNC(=O)[C@H](O)C(C)(C)CO)C(=O)O. The highest BCUT2D eigenvalue weighted by Gasteiger charge is 2.33. The summed E-state index contributed by atoms with van der Waals surface area (Å²) in [6, 6.07) is -0.893. The molecule has 0 heterocycles. The van der Waals surface area contributed by atoms with E-state index in [1.54, 1.807) is 13.8 Å². The summed E-state index contributed by atoms with van der Waals surface area (Å²) in [7, 11) is 0. The van der Waals surface area contributed by atoms with Crippen LogP contribution in [0.2, 0.25) is 0 Å². The number of hydrogen-bond acceptors (Lipinski definition) is 5. The molecule has 1 amide bonds. The minimum atomic E-state index is -1.39. The van der Waals surface area contributed by atoms with E-state index in [0.29, 0.717) is 6.54 Å². The van der Waals surface area contributed by atoms with Crippen molar-refractivity contribution in [3.63, 3.8) is 0 Å². The zero-order chi connectivity index (χ0) is 16.5. The smallest absolute Gasteiger partial charge is 0.322 e. The zero-order valence-electron chi connectivity index (χ0n) is 13.1. The van der Waals surface area contributed by atoms with Crippen LogP contribution in [0.1, 0.15) is 40.0 Å². The van der Waals surface area contributed by atoms with Gasteiger partial charge in [-0.2, -0.15) is 0 Å². The fraction of sp³-hybridized carbons (Fsp3) is 0.857. The van der Waals surface area contributed by atoms with Crippen molar-refractivity contribution >= 4 is 11.9 Å². The van der Waals surface area contributed by atoms with Gasteiger partial charge >= 0.3 is 5.97 Å². The molecule has 7 nitrogen and oxygen atoms in total. The molecule has 0 spiro atoms. The lowest BCUT2D eigenvalue weighted by atomic mass is 9.87. The number of amides is 1. The van der Waals surface area contributed by atoms with Gasteiger partial charge in [-0.05, 0) is 13.0 Å². The standard InChI is InChI=1S/C14H28N2O5/c1-4-5-6-7-15-10(13(20)21)8-16-12(19)11(18)14(2,3)9-17/h10-11,15,17-18H,4-9H2,1-3H3,(H,16,19)(H,20,21)/t10?,11-/m0/s1. The van der Waals surface area contributed by atoms with Gasteiger partial charge < -0.3 is 26.0 Å². The molecule has 2 atom stereocenters. The molecule has 0 saturated carbocycles. The first kappa shape index (κ1) is 19.8. The van der Waals surface area contributed by atoms with E-state index in [9.17, 15) is 14.7 Å². The van der Waals surface area contributed by atoms with Crippen molar-refractivity contribution in [1.82, 2.24) is 10.6 Å². The van der Waals surface area contributed by atoms with Crippen molar-refractivity contribution in [2.75, 3.05) is 19.7 Å². The second-order valence-electron chi connectivity index (χ2n) is 5.85. The number of aliphatic carboxylic acids is 1. The Bertz CT molecular complexity index is 333. The number of aliphatic hydroxyl groups is 2. The first-order valence-electron chi connectivity index (χ1n) is 7.29. The van der Waals surface area contributed by atoms with Crippen LogP contribution in [0.5, 0.6) is 0 Å². The van der Waals surface area contributed by atoms with Crippen LogP contribution in [0.15, 0.2) is 0 Å². The summed E-state index contributed by atoms with van der Waals surface area (Å²) in [6.45, 7) is 5.26. The van der Waals surface area contributed by atoms with Crippen LogP contribution in [-0.4, -0.2) is 59.0 Å². The lowest BCUT2D eigenvalue weighted by Crippen LogP contribution is -2.51. The van der Waals surface area contributed by atoms with Gasteiger partial charge in [0, 0.05) is 12.0 Å². The van der Waals surface area contributed by atoms with Crippen LogP contribution in [0, 0.1) is 5.41 Å². The van der Waals surface area contributed by atoms with Gasteiger partial charge in [-0.3, -0.25) is 9.59 Å². The topological polar surface area (TPSA) is 119 Å². The maximum Gasteiger partial charge on any atom is 0.322 e. The fourth-order valence-corrected chi connectivity index (χ4v) is 1.64. The van der Waals surface area contributed by atoms with Gasteiger partial charge in [0.15, 0.2) is 0 Å². The predicted octanol–water partition coefficient (Wildman–Crippen LogP) is -0.285. The highest BCUT2D eigenvalue weighted by atomic mass is 16.4. The molecule has 0 bridgehead atoms. The highest BCUT2D eigenvalue weighted by molar-refractivity contribution is 5.82. The van der Waals surface area contributed by atoms with Gasteiger partial charge in [-0.15, -0.1) is 0 Å². The summed E-state index contributed by atoms with van der Waals surface area (Å²) in [6.07, 6.45) is 1.53. The first-order valence-corrected chi connectivity index (χ1v) is 7.29. The Hall–Kier alpha value is -1.18. The van der Waals surface area contributed by atoms with Crippen molar-refractivity contribution in [2.24, 2.45) is 5.41 Å². The maximum absolute atomic E-state index is 11.8. The van der Waals surface area contributed by atoms with E-state index in [0.717, 1.165) is 19.3 Å². The van der Waals surface area contributed by atoms with Crippen molar-refractivity contribution in [1.29, 1.82) is 0 Å². The number of rotatable bonds is 11. The normalized spacial score (nSPS) is 14.5. The minimum Gasteiger partial charge on any atom is -0.480 e. The molecule has 0 aromatic heterocycles. The number of nitrogens with one attached hydrogen (secondary N) is 2. The first-order chi connectivity index (χ1) is 9.76. The van der Waals surface area contributed by atoms with Crippen LogP contribution in [0.25, 0.3) is 0 Å². The van der Waals surface area contributed by atoms with E-state index in [2.05, 4.69) is 17.6 Å². The van der Waals surface area contributed by atoms with Gasteiger partial charge in [0.25, 0.3) is 0 Å². The Labute approximate surface area is 125 Å². The summed E-state index contributed by atoms with van der Waals surface area (Å²) in [5.74, 6) is -1.74. The zero-order valence-corrected chi connectivity index (χ0v) is 13.1. The second kappa shape index (κ2) is 9.70. The quantitative estimate of drug-likeness (QED) is 0.335. The van der Waals surface area contributed by atoms with Crippen LogP contribution in [-0.2, 0) is 9.59 Å². The number of carboxylic acid groups (broad SMARTS) is 1. The monoisotopic (exact) mass is 304 g/mol. The molecule has 0 aliphatic carbocycles. The van der Waals surface area contributed by atoms with Gasteiger partial charge in [-0.25, -0.2) is 0 Å². The molecule has 0 aliphatic rings. The molecule has 0 radical (unpaired) electrons. The summed E-state index contributed by atoms with van der Waals surface area (Å²) < 4.78 is 0. The Morgan fingerprint density at radius 3 is 2.33 bits per heavy atom. The summed E-state index contributed by atoms with van der Waals surface area (Å²) in [4.78, 5) is 22.8. The number of carboxylic acids is 1. The molecule has 0 saturated heterocycles. The van der Waals surface area contributed by atoms with Crippen LogP contribution < -0.4 is 10.6 Å². The van der Waals surface area contributed by atoms with E-state index in [4.69, 9.17) is 10.2 Å². The van der Waals surface area contributed by atoms with Crippen LogP contribution in [0.4, 0.5) is 0 Å². The maximum atomic E-state index is 11.8. The van der Waals surface area contributed by atoms with Crippen molar-refractivity contribution in [3.8, 4) is 0 Å². The molecule has 7 heteroatoms. The van der Waals surface area contributed by atoms with Gasteiger partial charge in [-0.1, -0.05) is 33.6 Å². The highest BCUT2D eigenvalue weighted by Crippen LogP contribution is 2.19.